The molecule has 1 amide bonds. The third-order valence-corrected chi connectivity index (χ3v) is 10.3. The topological polar surface area (TPSA) is 141 Å². The number of aliphatic carboxylic acids is 1. The number of fused-ring (bicyclic) bond motifs is 2. The summed E-state index contributed by atoms with van der Waals surface area (Å²) in [5.74, 6) is -0.415. The number of likely N-dealkylation sites (tertiary alicyclic amines) is 1. The third kappa shape index (κ3) is 5.86. The average Bonchev–Trinajstić information content (AvgIpc) is 3.77. The van der Waals surface area contributed by atoms with Crippen molar-refractivity contribution in [1.29, 1.82) is 5.26 Å². The highest BCUT2D eigenvalue weighted by Gasteiger charge is 2.40. The first-order valence-electron chi connectivity index (χ1n) is 16.2. The SMILES string of the molecule is Cc1c(-c2nc3cc(CN4CCC(C)(C(=O)O)C4)cc(C#N)c3o2)cccc1-c1cccc(NC(=O)c2nc3c(n2C)CCN(C)C3)c1Cl. The number of imidazole rings is 1. The van der Waals surface area contributed by atoms with Gasteiger partial charge in [0.15, 0.2) is 11.4 Å². The predicted molar refractivity (Wildman–Crippen MR) is 186 cm³/mol. The molecule has 250 valence electrons. The molecule has 3 aromatic carbocycles. The van der Waals surface area contributed by atoms with Gasteiger partial charge in [-0.25, -0.2) is 9.97 Å². The molecule has 4 heterocycles. The Bertz CT molecular complexity index is 2200. The lowest BCUT2D eigenvalue weighted by Crippen LogP contribution is -2.31. The summed E-state index contributed by atoms with van der Waals surface area (Å²) in [6, 6.07) is 17.2. The second-order valence-electron chi connectivity index (χ2n) is 13.4. The Kier molecular flexibility index (Phi) is 8.27. The fourth-order valence-electron chi connectivity index (χ4n) is 7.04. The van der Waals surface area contributed by atoms with E-state index in [1.54, 1.807) is 19.1 Å². The molecule has 2 aliphatic rings. The Morgan fingerprint density at radius 1 is 1.10 bits per heavy atom. The fourth-order valence-corrected chi connectivity index (χ4v) is 7.32. The van der Waals surface area contributed by atoms with Gasteiger partial charge in [0.05, 0.1) is 27.4 Å². The number of halogens is 1. The van der Waals surface area contributed by atoms with Gasteiger partial charge in [-0.3, -0.25) is 14.5 Å². The van der Waals surface area contributed by atoms with Crippen LogP contribution in [0.5, 0.6) is 0 Å². The minimum atomic E-state index is -0.796. The number of nitrogens with zero attached hydrogens (tertiary/aromatic N) is 6. The van der Waals surface area contributed by atoms with E-state index in [1.807, 2.05) is 62.0 Å². The standard InChI is InChI=1S/C37H36ClN7O4/c1-21-24(26-9-6-10-27(31(26)38)41-34(46)33-40-29-19-43(3)13-11-30(29)44(33)4)7-5-8-25(21)35-42-28-16-22(15-23(17-39)32(28)49-35)18-45-14-12-37(2,20-45)36(47)48/h5-10,15-16H,11-14,18-20H2,1-4H3,(H,41,46)(H,47,48). The fraction of sp³-hybridized carbons (Fsp3) is 0.324. The molecule has 2 N–H and O–H groups in total. The van der Waals surface area contributed by atoms with Gasteiger partial charge in [-0.1, -0.05) is 35.9 Å². The van der Waals surface area contributed by atoms with Crippen LogP contribution in [0.15, 0.2) is 52.9 Å². The molecule has 0 saturated carbocycles. The normalized spacial score (nSPS) is 18.0. The number of amides is 1. The molecule has 11 nitrogen and oxygen atoms in total. The van der Waals surface area contributed by atoms with Gasteiger partial charge in [-0.05, 0) is 74.8 Å². The largest absolute Gasteiger partial charge is 0.481 e. The van der Waals surface area contributed by atoms with Gasteiger partial charge >= 0.3 is 5.97 Å². The number of benzene rings is 3. The highest BCUT2D eigenvalue weighted by atomic mass is 35.5. The van der Waals surface area contributed by atoms with Crippen LogP contribution in [0, 0.1) is 23.7 Å². The zero-order valence-electron chi connectivity index (χ0n) is 27.8. The Labute approximate surface area is 288 Å². The maximum atomic E-state index is 13.4. The molecule has 7 rings (SSSR count). The number of hydrogen-bond donors (Lipinski definition) is 2. The molecule has 0 bridgehead atoms. The summed E-state index contributed by atoms with van der Waals surface area (Å²) in [5, 5.41) is 23.0. The van der Waals surface area contributed by atoms with Crippen molar-refractivity contribution in [3.8, 4) is 28.7 Å². The third-order valence-electron chi connectivity index (χ3n) is 9.90. The summed E-state index contributed by atoms with van der Waals surface area (Å²) in [6.07, 6.45) is 1.41. The second kappa shape index (κ2) is 12.5. The van der Waals surface area contributed by atoms with E-state index in [9.17, 15) is 20.0 Å². The highest BCUT2D eigenvalue weighted by molar-refractivity contribution is 6.36. The Balaban J connectivity index is 1.17. The van der Waals surface area contributed by atoms with Crippen molar-refractivity contribution in [3.05, 3.63) is 87.5 Å². The molecule has 1 saturated heterocycles. The average molecular weight is 678 g/mol. The number of carboxylic acids is 1. The number of rotatable bonds is 7. The quantitative estimate of drug-likeness (QED) is 0.204. The molecule has 1 fully saturated rings. The molecule has 0 spiro atoms. The number of carbonyl (C=O) groups is 2. The van der Waals surface area contributed by atoms with Crippen molar-refractivity contribution >= 4 is 40.3 Å². The molecule has 49 heavy (non-hydrogen) atoms. The van der Waals surface area contributed by atoms with Crippen molar-refractivity contribution in [3.63, 3.8) is 0 Å². The van der Waals surface area contributed by atoms with E-state index in [0.29, 0.717) is 71.7 Å². The molecule has 0 radical (unpaired) electrons. The summed E-state index contributed by atoms with van der Waals surface area (Å²) >= 11 is 6.97. The molecule has 5 aromatic rings. The van der Waals surface area contributed by atoms with Gasteiger partial charge in [0.1, 0.15) is 11.6 Å². The van der Waals surface area contributed by atoms with Gasteiger partial charge in [-0.2, -0.15) is 5.26 Å². The number of likely N-dealkylation sites (N-methyl/N-ethyl adjacent to an activating group) is 1. The van der Waals surface area contributed by atoms with Crippen molar-refractivity contribution in [2.45, 2.75) is 39.8 Å². The van der Waals surface area contributed by atoms with Crippen LogP contribution in [0.25, 0.3) is 33.7 Å². The smallest absolute Gasteiger partial charge is 0.310 e. The molecular formula is C37H36ClN7O4. The van der Waals surface area contributed by atoms with Crippen LogP contribution in [0.1, 0.15) is 52.0 Å². The van der Waals surface area contributed by atoms with Crippen molar-refractivity contribution in [2.75, 3.05) is 32.0 Å². The van der Waals surface area contributed by atoms with E-state index in [2.05, 4.69) is 26.2 Å². The van der Waals surface area contributed by atoms with E-state index < -0.39 is 11.4 Å². The first-order chi connectivity index (χ1) is 23.5. The van der Waals surface area contributed by atoms with Crippen LogP contribution < -0.4 is 5.32 Å². The zero-order valence-corrected chi connectivity index (χ0v) is 28.6. The van der Waals surface area contributed by atoms with Crippen molar-refractivity contribution in [1.82, 2.24) is 24.3 Å². The molecule has 2 aromatic heterocycles. The molecular weight excluding hydrogens is 642 g/mol. The first-order valence-corrected chi connectivity index (χ1v) is 16.6. The molecule has 1 atom stereocenters. The van der Waals surface area contributed by atoms with Crippen LogP contribution >= 0.6 is 11.6 Å². The summed E-state index contributed by atoms with van der Waals surface area (Å²) in [6.45, 7) is 6.96. The van der Waals surface area contributed by atoms with Gasteiger partial charge < -0.3 is 24.3 Å². The van der Waals surface area contributed by atoms with Crippen LogP contribution in [0.3, 0.4) is 0 Å². The minimum absolute atomic E-state index is 0.330. The second-order valence-corrected chi connectivity index (χ2v) is 13.8. The first kappa shape index (κ1) is 32.5. The lowest BCUT2D eigenvalue weighted by molar-refractivity contribution is -0.147. The summed E-state index contributed by atoms with van der Waals surface area (Å²) in [4.78, 5) is 38.9. The Morgan fingerprint density at radius 3 is 2.61 bits per heavy atom. The van der Waals surface area contributed by atoms with Crippen LogP contribution in [-0.2, 0) is 31.4 Å². The Hall–Kier alpha value is -5.02. The maximum absolute atomic E-state index is 13.4. The number of hydrogen-bond acceptors (Lipinski definition) is 8. The molecule has 0 aliphatic carbocycles. The molecule has 1 unspecified atom stereocenters. The lowest BCUT2D eigenvalue weighted by Gasteiger charge is -2.21. The van der Waals surface area contributed by atoms with Crippen LogP contribution in [-0.4, -0.2) is 68.0 Å². The van der Waals surface area contributed by atoms with Gasteiger partial charge in [0.2, 0.25) is 5.89 Å². The minimum Gasteiger partial charge on any atom is -0.481 e. The lowest BCUT2D eigenvalue weighted by atomic mass is 9.90. The van der Waals surface area contributed by atoms with E-state index in [-0.39, 0.29) is 5.91 Å². The van der Waals surface area contributed by atoms with Gasteiger partial charge in [0.25, 0.3) is 5.91 Å². The summed E-state index contributed by atoms with van der Waals surface area (Å²) in [7, 11) is 3.91. The number of oxazole rings is 1. The van der Waals surface area contributed by atoms with Crippen LogP contribution in [0.4, 0.5) is 5.69 Å². The number of carbonyl (C=O) groups excluding carboxylic acids is 1. The number of nitrogens with one attached hydrogen (secondary N) is 1. The number of anilines is 1. The summed E-state index contributed by atoms with van der Waals surface area (Å²) < 4.78 is 8.08. The number of nitriles is 1. The van der Waals surface area contributed by atoms with E-state index in [1.165, 1.54) is 0 Å². The highest BCUT2D eigenvalue weighted by Crippen LogP contribution is 2.39. The monoisotopic (exact) mass is 677 g/mol. The Morgan fingerprint density at radius 2 is 1.86 bits per heavy atom. The zero-order chi connectivity index (χ0) is 34.6. The molecule has 2 aliphatic heterocycles. The number of aromatic nitrogens is 3. The van der Waals surface area contributed by atoms with Gasteiger partial charge in [-0.15, -0.1) is 0 Å². The van der Waals surface area contributed by atoms with Gasteiger partial charge in [0, 0.05) is 56.5 Å². The summed E-state index contributed by atoms with van der Waals surface area (Å²) in [5.41, 5.74) is 7.05. The number of carboxylic acid groups (broad SMARTS) is 1. The van der Waals surface area contributed by atoms with Crippen LogP contribution in [0.2, 0.25) is 5.02 Å². The van der Waals surface area contributed by atoms with E-state index in [0.717, 1.165) is 52.2 Å². The predicted octanol–water partition coefficient (Wildman–Crippen LogP) is 6.27. The van der Waals surface area contributed by atoms with E-state index in [4.69, 9.17) is 21.0 Å². The van der Waals surface area contributed by atoms with E-state index >= 15 is 0 Å². The molecule has 12 heteroatoms. The maximum Gasteiger partial charge on any atom is 0.310 e. The van der Waals surface area contributed by atoms with Crippen molar-refractivity contribution in [2.24, 2.45) is 12.5 Å². The van der Waals surface area contributed by atoms with Crippen molar-refractivity contribution < 1.29 is 19.1 Å².